The van der Waals surface area contributed by atoms with Crippen LogP contribution in [-0.2, 0) is 13.0 Å². The summed E-state index contributed by atoms with van der Waals surface area (Å²) in [4.78, 5) is 25.9. The molecule has 174 valence electrons. The smallest absolute Gasteiger partial charge is 0.304 e. The summed E-state index contributed by atoms with van der Waals surface area (Å²) in [5.41, 5.74) is 8.31. The van der Waals surface area contributed by atoms with Crippen LogP contribution >= 0.6 is 0 Å². The number of imidazole rings is 1. The summed E-state index contributed by atoms with van der Waals surface area (Å²) in [5, 5.41) is 3.27. The molecule has 0 unspecified atom stereocenters. The maximum Gasteiger partial charge on any atom is 0.304 e. The zero-order valence-electron chi connectivity index (χ0n) is 18.5. The van der Waals surface area contributed by atoms with E-state index in [0.29, 0.717) is 48.1 Å². The van der Waals surface area contributed by atoms with E-state index in [1.165, 1.54) is 19.2 Å². The van der Waals surface area contributed by atoms with Crippen LogP contribution in [0.25, 0.3) is 17.0 Å². The second-order valence-corrected chi connectivity index (χ2v) is 7.91. The average molecular weight is 462 g/mol. The Bertz CT molecular complexity index is 1390. The molecule has 1 aliphatic rings. The van der Waals surface area contributed by atoms with E-state index >= 15 is 0 Å². The topological polar surface area (TPSA) is 117 Å². The second kappa shape index (κ2) is 8.97. The van der Waals surface area contributed by atoms with Crippen LogP contribution in [0.1, 0.15) is 34.5 Å². The lowest BCUT2D eigenvalue weighted by molar-refractivity contribution is 0.100. The lowest BCUT2D eigenvalue weighted by Crippen LogP contribution is -2.12. The number of nitrogens with one attached hydrogen (secondary N) is 1. The molecule has 34 heavy (non-hydrogen) atoms. The Kier molecular flexibility index (Phi) is 5.70. The molecule has 0 aliphatic carbocycles. The van der Waals surface area contributed by atoms with Gasteiger partial charge in [-0.2, -0.15) is 9.97 Å². The molecule has 3 heterocycles. The van der Waals surface area contributed by atoms with Crippen LogP contribution in [0, 0.1) is 5.82 Å². The van der Waals surface area contributed by atoms with Gasteiger partial charge in [0.15, 0.2) is 11.6 Å². The van der Waals surface area contributed by atoms with Gasteiger partial charge in [-0.3, -0.25) is 4.79 Å². The fourth-order valence-corrected chi connectivity index (χ4v) is 4.03. The molecule has 1 amide bonds. The molecule has 1 aliphatic heterocycles. The van der Waals surface area contributed by atoms with Gasteiger partial charge in [-0.1, -0.05) is 18.2 Å². The van der Waals surface area contributed by atoms with Gasteiger partial charge in [-0.05, 0) is 49.1 Å². The van der Waals surface area contributed by atoms with Crippen LogP contribution in [0.5, 0.6) is 11.8 Å². The number of benzene rings is 2. The average Bonchev–Trinajstić information content (AvgIpc) is 3.05. The Labute approximate surface area is 194 Å². The highest BCUT2D eigenvalue weighted by Crippen LogP contribution is 2.34. The highest BCUT2D eigenvalue weighted by Gasteiger charge is 2.24. The van der Waals surface area contributed by atoms with E-state index in [1.54, 1.807) is 28.8 Å². The molecule has 0 radical (unpaired) electrons. The number of para-hydroxylation sites is 1. The summed E-state index contributed by atoms with van der Waals surface area (Å²) < 4.78 is 26.8. The van der Waals surface area contributed by atoms with Crippen LogP contribution < -0.4 is 20.5 Å². The fraction of sp³-hybridized carbons (Fsp3) is 0.250. The van der Waals surface area contributed by atoms with Gasteiger partial charge in [0, 0.05) is 6.54 Å². The SMILES string of the molecule is COc1nc2c(C(N)=O)cccc2n1-c1nc2c(c(NCc3cccc(F)c3)n1)OCCCC2. The number of carbonyl (C=O) groups excluding carboxylic acids is 1. The first-order chi connectivity index (χ1) is 16.5. The first kappa shape index (κ1) is 21.6. The van der Waals surface area contributed by atoms with Crippen molar-refractivity contribution in [3.8, 4) is 17.7 Å². The first-order valence-corrected chi connectivity index (χ1v) is 10.9. The van der Waals surface area contributed by atoms with Crippen molar-refractivity contribution in [2.24, 2.45) is 5.73 Å². The first-order valence-electron chi connectivity index (χ1n) is 10.9. The molecule has 9 nitrogen and oxygen atoms in total. The number of rotatable bonds is 6. The lowest BCUT2D eigenvalue weighted by Gasteiger charge is -2.16. The molecule has 2 aromatic carbocycles. The fourth-order valence-electron chi connectivity index (χ4n) is 4.03. The number of ether oxygens (including phenoxy) is 2. The van der Waals surface area contributed by atoms with Gasteiger partial charge in [0.05, 0.1) is 30.5 Å². The zero-order chi connectivity index (χ0) is 23.7. The molecular weight excluding hydrogens is 439 g/mol. The van der Waals surface area contributed by atoms with Gasteiger partial charge in [0.2, 0.25) is 5.95 Å². The number of aryl methyl sites for hydroxylation is 1. The van der Waals surface area contributed by atoms with E-state index in [9.17, 15) is 9.18 Å². The third kappa shape index (κ3) is 3.98. The van der Waals surface area contributed by atoms with Crippen LogP contribution in [0.3, 0.4) is 0 Å². The van der Waals surface area contributed by atoms with E-state index in [1.807, 2.05) is 6.07 Å². The van der Waals surface area contributed by atoms with Crippen molar-refractivity contribution in [2.75, 3.05) is 19.0 Å². The van der Waals surface area contributed by atoms with Crippen molar-refractivity contribution < 1.29 is 18.7 Å². The highest BCUT2D eigenvalue weighted by atomic mass is 19.1. The molecule has 5 rings (SSSR count). The standard InChI is InChI=1S/C24H23FN6O3/c1-33-24-29-19-16(21(26)32)8-5-10-18(19)31(24)23-28-17-9-2-3-11-34-20(17)22(30-23)27-13-14-6-4-7-15(25)12-14/h4-8,10,12H,2-3,9,11,13H2,1H3,(H2,26,32)(H,27,28,30). The largest absolute Gasteiger partial charge is 0.488 e. The number of hydrogen-bond acceptors (Lipinski definition) is 7. The van der Waals surface area contributed by atoms with Gasteiger partial charge < -0.3 is 20.5 Å². The van der Waals surface area contributed by atoms with E-state index in [0.717, 1.165) is 24.1 Å². The van der Waals surface area contributed by atoms with Gasteiger partial charge in [-0.15, -0.1) is 0 Å². The molecule has 10 heteroatoms. The van der Waals surface area contributed by atoms with Crippen molar-refractivity contribution in [2.45, 2.75) is 25.8 Å². The zero-order valence-corrected chi connectivity index (χ0v) is 18.5. The molecule has 0 bridgehead atoms. The normalized spacial score (nSPS) is 13.1. The highest BCUT2D eigenvalue weighted by molar-refractivity contribution is 6.04. The Morgan fingerprint density at radius 1 is 1.21 bits per heavy atom. The lowest BCUT2D eigenvalue weighted by atomic mass is 10.2. The maximum atomic E-state index is 13.7. The number of amides is 1. The van der Waals surface area contributed by atoms with Gasteiger partial charge in [-0.25, -0.2) is 13.9 Å². The number of carbonyl (C=O) groups is 1. The van der Waals surface area contributed by atoms with E-state index in [2.05, 4.69) is 10.3 Å². The molecule has 2 aromatic heterocycles. The molecule has 4 aromatic rings. The third-order valence-electron chi connectivity index (χ3n) is 5.63. The van der Waals surface area contributed by atoms with E-state index < -0.39 is 5.91 Å². The minimum atomic E-state index is -0.591. The number of nitrogens with two attached hydrogens (primary N) is 1. The van der Waals surface area contributed by atoms with Crippen LogP contribution in [-0.4, -0.2) is 39.1 Å². The number of nitrogens with zero attached hydrogens (tertiary/aromatic N) is 4. The Balaban J connectivity index is 1.64. The summed E-state index contributed by atoms with van der Waals surface area (Å²) in [5.74, 6) is 0.483. The van der Waals surface area contributed by atoms with Crippen molar-refractivity contribution >= 4 is 22.8 Å². The minimum absolute atomic E-state index is 0.217. The van der Waals surface area contributed by atoms with E-state index in [4.69, 9.17) is 25.2 Å². The number of aromatic nitrogens is 4. The summed E-state index contributed by atoms with van der Waals surface area (Å²) in [6.45, 7) is 0.904. The summed E-state index contributed by atoms with van der Waals surface area (Å²) in [6.07, 6.45) is 2.52. The van der Waals surface area contributed by atoms with Crippen LogP contribution in [0.4, 0.5) is 10.2 Å². The summed E-state index contributed by atoms with van der Waals surface area (Å²) >= 11 is 0. The molecule has 0 atom stereocenters. The summed E-state index contributed by atoms with van der Waals surface area (Å²) in [6, 6.07) is 11.7. The van der Waals surface area contributed by atoms with Gasteiger partial charge in [0.1, 0.15) is 11.3 Å². The van der Waals surface area contributed by atoms with Crippen molar-refractivity contribution in [1.82, 2.24) is 19.5 Å². The van der Waals surface area contributed by atoms with Crippen LogP contribution in [0.2, 0.25) is 0 Å². The van der Waals surface area contributed by atoms with E-state index in [-0.39, 0.29) is 17.4 Å². The molecular formula is C24H23FN6O3. The summed E-state index contributed by atoms with van der Waals surface area (Å²) in [7, 11) is 1.48. The molecule has 0 saturated carbocycles. The van der Waals surface area contributed by atoms with Crippen molar-refractivity contribution in [1.29, 1.82) is 0 Å². The van der Waals surface area contributed by atoms with Crippen molar-refractivity contribution in [3.05, 3.63) is 65.1 Å². The molecule has 0 saturated heterocycles. The predicted octanol–water partition coefficient (Wildman–Crippen LogP) is 3.39. The van der Waals surface area contributed by atoms with Gasteiger partial charge in [0.25, 0.3) is 5.91 Å². The quantitative estimate of drug-likeness (QED) is 0.451. The van der Waals surface area contributed by atoms with Gasteiger partial charge >= 0.3 is 6.01 Å². The Hall–Kier alpha value is -4.21. The Morgan fingerprint density at radius 2 is 2.06 bits per heavy atom. The molecule has 0 spiro atoms. The molecule has 3 N–H and O–H groups in total. The number of fused-ring (bicyclic) bond motifs is 2. The third-order valence-corrected chi connectivity index (χ3v) is 5.63. The molecule has 0 fully saturated rings. The predicted molar refractivity (Wildman–Crippen MR) is 124 cm³/mol. The number of anilines is 1. The minimum Gasteiger partial charge on any atom is -0.488 e. The van der Waals surface area contributed by atoms with Crippen molar-refractivity contribution in [3.63, 3.8) is 0 Å². The number of hydrogen-bond donors (Lipinski definition) is 2. The maximum absolute atomic E-state index is 13.7. The number of halogens is 1. The monoisotopic (exact) mass is 462 g/mol. The Morgan fingerprint density at radius 3 is 2.85 bits per heavy atom. The second-order valence-electron chi connectivity index (χ2n) is 7.91. The number of primary amides is 1. The van der Waals surface area contributed by atoms with Crippen LogP contribution in [0.15, 0.2) is 42.5 Å². The number of methoxy groups -OCH3 is 1.